The molecular formula is C19H24N2O5S2. The molecule has 2 aromatic carbocycles. The number of amides is 1. The fourth-order valence-electron chi connectivity index (χ4n) is 2.73. The van der Waals surface area contributed by atoms with Crippen molar-refractivity contribution in [3.05, 3.63) is 60.2 Å². The van der Waals surface area contributed by atoms with Crippen molar-refractivity contribution in [2.24, 2.45) is 0 Å². The van der Waals surface area contributed by atoms with E-state index >= 15 is 0 Å². The largest absolute Gasteiger partial charge is 0.348 e. The Labute approximate surface area is 166 Å². The summed E-state index contributed by atoms with van der Waals surface area (Å²) in [6, 6.07) is 14.3. The van der Waals surface area contributed by atoms with E-state index in [9.17, 15) is 21.6 Å². The minimum Gasteiger partial charge on any atom is -0.348 e. The van der Waals surface area contributed by atoms with Crippen LogP contribution in [0.2, 0.25) is 0 Å². The number of hydrogen-bond acceptors (Lipinski definition) is 5. The second-order valence-electron chi connectivity index (χ2n) is 6.47. The Morgan fingerprint density at radius 3 is 2.00 bits per heavy atom. The number of rotatable bonds is 8. The Bertz CT molecular complexity index is 1020. The van der Waals surface area contributed by atoms with E-state index in [1.54, 1.807) is 42.5 Å². The summed E-state index contributed by atoms with van der Waals surface area (Å²) < 4.78 is 48.4. The first-order chi connectivity index (χ1) is 13.0. The van der Waals surface area contributed by atoms with E-state index in [1.165, 1.54) is 12.1 Å². The van der Waals surface area contributed by atoms with Gasteiger partial charge in [-0.25, -0.2) is 16.8 Å². The zero-order chi connectivity index (χ0) is 20.9. The van der Waals surface area contributed by atoms with Gasteiger partial charge in [0.1, 0.15) is 6.54 Å². The van der Waals surface area contributed by atoms with Gasteiger partial charge in [0, 0.05) is 6.26 Å². The maximum Gasteiger partial charge on any atom is 0.241 e. The number of anilines is 1. The van der Waals surface area contributed by atoms with Crippen LogP contribution < -0.4 is 9.62 Å². The summed E-state index contributed by atoms with van der Waals surface area (Å²) in [7, 11) is -6.94. The molecule has 0 bridgehead atoms. The molecule has 0 spiro atoms. The van der Waals surface area contributed by atoms with Crippen LogP contribution in [0.1, 0.15) is 24.9 Å². The van der Waals surface area contributed by atoms with Gasteiger partial charge in [0.05, 0.1) is 22.9 Å². The molecule has 0 saturated carbocycles. The number of hydrogen-bond donors (Lipinski definition) is 1. The van der Waals surface area contributed by atoms with E-state index < -0.39 is 25.8 Å². The molecule has 2 aromatic rings. The van der Waals surface area contributed by atoms with Crippen LogP contribution in [0.5, 0.6) is 0 Å². The van der Waals surface area contributed by atoms with Crippen molar-refractivity contribution in [1.29, 1.82) is 0 Å². The van der Waals surface area contributed by atoms with E-state index in [0.29, 0.717) is 12.1 Å². The normalized spacial score (nSPS) is 13.0. The highest BCUT2D eigenvalue weighted by Gasteiger charge is 2.22. The van der Waals surface area contributed by atoms with Gasteiger partial charge in [0.2, 0.25) is 15.9 Å². The first-order valence-electron chi connectivity index (χ1n) is 8.64. The predicted octanol–water partition coefficient (Wildman–Crippen LogP) is 2.12. The van der Waals surface area contributed by atoms with Crippen molar-refractivity contribution in [3.63, 3.8) is 0 Å². The average Bonchev–Trinajstić information content (AvgIpc) is 2.63. The Kier molecular flexibility index (Phi) is 6.84. The number of nitrogens with zero attached hydrogens (tertiary/aromatic N) is 1. The van der Waals surface area contributed by atoms with Gasteiger partial charge in [-0.15, -0.1) is 0 Å². The fourth-order valence-corrected chi connectivity index (χ4v) is 4.22. The van der Waals surface area contributed by atoms with Gasteiger partial charge in [-0.2, -0.15) is 0 Å². The molecule has 1 atom stereocenters. The number of sulfonamides is 1. The quantitative estimate of drug-likeness (QED) is 0.700. The molecule has 152 valence electrons. The van der Waals surface area contributed by atoms with Crippen LogP contribution in [-0.2, 0) is 24.7 Å². The molecule has 1 N–H and O–H groups in total. The van der Waals surface area contributed by atoms with Crippen LogP contribution >= 0.6 is 0 Å². The van der Waals surface area contributed by atoms with Crippen LogP contribution in [0, 0.1) is 0 Å². The van der Waals surface area contributed by atoms with Crippen LogP contribution in [0.25, 0.3) is 0 Å². The zero-order valence-corrected chi connectivity index (χ0v) is 17.6. The molecule has 0 radical (unpaired) electrons. The van der Waals surface area contributed by atoms with Crippen molar-refractivity contribution < 1.29 is 21.6 Å². The Morgan fingerprint density at radius 2 is 1.54 bits per heavy atom. The molecule has 7 nitrogen and oxygen atoms in total. The number of carbonyl (C=O) groups excluding carboxylic acids is 1. The molecule has 0 aliphatic rings. The van der Waals surface area contributed by atoms with Crippen LogP contribution in [-0.4, -0.2) is 41.8 Å². The van der Waals surface area contributed by atoms with Gasteiger partial charge in [0.25, 0.3) is 0 Å². The molecule has 0 fully saturated rings. The maximum absolute atomic E-state index is 12.5. The summed E-state index contributed by atoms with van der Waals surface area (Å²) >= 11 is 0. The summed E-state index contributed by atoms with van der Waals surface area (Å²) in [6.45, 7) is 1.53. The molecular weight excluding hydrogens is 400 g/mol. The highest BCUT2D eigenvalue weighted by Crippen LogP contribution is 2.20. The lowest BCUT2D eigenvalue weighted by Gasteiger charge is -2.24. The third-order valence-corrected chi connectivity index (χ3v) is 6.45. The van der Waals surface area contributed by atoms with Gasteiger partial charge in [-0.1, -0.05) is 37.3 Å². The van der Waals surface area contributed by atoms with Gasteiger partial charge in [0.15, 0.2) is 9.84 Å². The topological polar surface area (TPSA) is 101 Å². The minimum absolute atomic E-state index is 0.199. The van der Waals surface area contributed by atoms with E-state index in [-0.39, 0.29) is 17.5 Å². The SMILES string of the molecule is CCC(NC(=O)CN(c1ccccc1)S(C)(=O)=O)c1ccc(S(C)(=O)=O)cc1. The Morgan fingerprint density at radius 1 is 0.964 bits per heavy atom. The second kappa shape index (κ2) is 8.74. The number of benzene rings is 2. The van der Waals surface area contributed by atoms with E-state index in [4.69, 9.17) is 0 Å². The van der Waals surface area contributed by atoms with Crippen molar-refractivity contribution in [3.8, 4) is 0 Å². The lowest BCUT2D eigenvalue weighted by Crippen LogP contribution is -2.41. The molecule has 0 aromatic heterocycles. The zero-order valence-electron chi connectivity index (χ0n) is 16.0. The maximum atomic E-state index is 12.5. The van der Waals surface area contributed by atoms with Gasteiger partial charge >= 0.3 is 0 Å². The highest BCUT2D eigenvalue weighted by molar-refractivity contribution is 7.92. The molecule has 1 amide bonds. The molecule has 0 heterocycles. The molecule has 2 rings (SSSR count). The van der Waals surface area contributed by atoms with Crippen LogP contribution in [0.4, 0.5) is 5.69 Å². The van der Waals surface area contributed by atoms with E-state index in [2.05, 4.69) is 5.32 Å². The summed E-state index contributed by atoms with van der Waals surface area (Å²) in [6.07, 6.45) is 2.74. The van der Waals surface area contributed by atoms with Crippen LogP contribution in [0.15, 0.2) is 59.5 Å². The molecule has 1 unspecified atom stereocenters. The average molecular weight is 425 g/mol. The van der Waals surface area contributed by atoms with E-state index in [1.807, 2.05) is 6.92 Å². The monoisotopic (exact) mass is 424 g/mol. The highest BCUT2D eigenvalue weighted by atomic mass is 32.2. The first kappa shape index (κ1) is 21.9. The van der Waals surface area contributed by atoms with Crippen molar-refractivity contribution in [2.75, 3.05) is 23.4 Å². The standard InChI is InChI=1S/C19H24N2O5S2/c1-4-18(15-10-12-17(13-11-15)27(2,23)24)20-19(22)14-21(28(3,25)26)16-8-6-5-7-9-16/h5-13,18H,4,14H2,1-3H3,(H,20,22). The van der Waals surface area contributed by atoms with Gasteiger partial charge < -0.3 is 5.32 Å². The van der Waals surface area contributed by atoms with Crippen molar-refractivity contribution in [1.82, 2.24) is 5.32 Å². The smallest absolute Gasteiger partial charge is 0.241 e. The minimum atomic E-state index is -3.64. The Hall–Kier alpha value is -2.39. The molecule has 0 aliphatic heterocycles. The number of para-hydroxylation sites is 1. The number of nitrogens with one attached hydrogen (secondary N) is 1. The van der Waals surface area contributed by atoms with Gasteiger partial charge in [-0.05, 0) is 36.2 Å². The predicted molar refractivity (Wildman–Crippen MR) is 109 cm³/mol. The van der Waals surface area contributed by atoms with Crippen molar-refractivity contribution in [2.45, 2.75) is 24.3 Å². The first-order valence-corrected chi connectivity index (χ1v) is 12.4. The number of sulfone groups is 1. The summed E-state index contributed by atoms with van der Waals surface area (Å²) in [5.74, 6) is -0.451. The second-order valence-corrected chi connectivity index (χ2v) is 10.4. The third-order valence-electron chi connectivity index (χ3n) is 4.19. The fraction of sp³-hybridized carbons (Fsp3) is 0.316. The van der Waals surface area contributed by atoms with E-state index in [0.717, 1.165) is 22.4 Å². The van der Waals surface area contributed by atoms with Crippen molar-refractivity contribution >= 4 is 31.5 Å². The lowest BCUT2D eigenvalue weighted by atomic mass is 10.0. The molecule has 9 heteroatoms. The molecule has 28 heavy (non-hydrogen) atoms. The lowest BCUT2D eigenvalue weighted by molar-refractivity contribution is -0.120. The summed E-state index contributed by atoms with van der Waals surface area (Å²) in [5, 5.41) is 2.82. The summed E-state index contributed by atoms with van der Waals surface area (Å²) in [5.41, 5.74) is 1.15. The summed E-state index contributed by atoms with van der Waals surface area (Å²) in [4.78, 5) is 12.7. The third kappa shape index (κ3) is 5.80. The molecule has 0 aliphatic carbocycles. The van der Waals surface area contributed by atoms with Gasteiger partial charge in [-0.3, -0.25) is 9.10 Å². The van der Waals surface area contributed by atoms with Crippen LogP contribution in [0.3, 0.4) is 0 Å². The Balaban J connectivity index is 2.17. The molecule has 0 saturated heterocycles. The number of carbonyl (C=O) groups is 1.